The van der Waals surface area contributed by atoms with Gasteiger partial charge in [0, 0.05) is 24.1 Å². The summed E-state index contributed by atoms with van der Waals surface area (Å²) in [4.78, 5) is 27.4. The number of carbonyl (C=O) groups is 2. The fourth-order valence-electron chi connectivity index (χ4n) is 4.47. The Morgan fingerprint density at radius 1 is 1.08 bits per heavy atom. The number of ether oxygens (including phenoxy) is 3. The number of benzene rings is 2. The number of halogens is 2. The zero-order chi connectivity index (χ0) is 28.2. The third kappa shape index (κ3) is 6.19. The second kappa shape index (κ2) is 12.3. The van der Waals surface area contributed by atoms with E-state index in [4.69, 9.17) is 37.4 Å². The van der Waals surface area contributed by atoms with E-state index in [1.165, 1.54) is 38.5 Å². The summed E-state index contributed by atoms with van der Waals surface area (Å²) in [6, 6.07) is 9.61. The van der Waals surface area contributed by atoms with E-state index in [0.29, 0.717) is 57.4 Å². The van der Waals surface area contributed by atoms with Crippen LogP contribution < -0.4 is 14.5 Å². The van der Waals surface area contributed by atoms with Gasteiger partial charge in [-0.3, -0.25) is 9.59 Å². The summed E-state index contributed by atoms with van der Waals surface area (Å²) in [7, 11) is -1.01. The lowest BCUT2D eigenvalue weighted by Gasteiger charge is -2.26. The Morgan fingerprint density at radius 2 is 1.74 bits per heavy atom. The summed E-state index contributed by atoms with van der Waals surface area (Å²) < 4.78 is 44.7. The lowest BCUT2D eigenvalue weighted by Crippen LogP contribution is -2.41. The van der Waals surface area contributed by atoms with Crippen LogP contribution >= 0.6 is 23.2 Å². The van der Waals surface area contributed by atoms with Crippen LogP contribution in [0.15, 0.2) is 59.8 Å². The number of sulfonamides is 1. The average molecular weight is 594 g/mol. The Hall–Kier alpha value is -3.18. The molecule has 39 heavy (non-hydrogen) atoms. The highest BCUT2D eigenvalue weighted by molar-refractivity contribution is 7.89. The fourth-order valence-corrected chi connectivity index (χ4v) is 6.65. The van der Waals surface area contributed by atoms with Gasteiger partial charge in [-0.1, -0.05) is 41.4 Å². The quantitative estimate of drug-likeness (QED) is 0.254. The molecule has 2 heterocycles. The van der Waals surface area contributed by atoms with Crippen molar-refractivity contribution in [3.63, 3.8) is 0 Å². The van der Waals surface area contributed by atoms with Crippen LogP contribution in [0.5, 0.6) is 11.5 Å². The highest BCUT2D eigenvalue weighted by atomic mass is 35.5. The van der Waals surface area contributed by atoms with Crippen LogP contribution in [0.4, 0.5) is 0 Å². The van der Waals surface area contributed by atoms with Crippen LogP contribution in [0, 0.1) is 0 Å². The third-order valence-corrected chi connectivity index (χ3v) is 9.12. The molecule has 9 nitrogen and oxygen atoms in total. The molecule has 206 valence electrons. The van der Waals surface area contributed by atoms with Gasteiger partial charge in [-0.15, -0.1) is 0 Å². The first-order valence-corrected chi connectivity index (χ1v) is 14.2. The monoisotopic (exact) mass is 593 g/mol. The zero-order valence-corrected chi connectivity index (χ0v) is 23.6. The molecule has 0 aliphatic carbocycles. The van der Waals surface area contributed by atoms with Crippen molar-refractivity contribution in [2.75, 3.05) is 20.8 Å². The molecule has 0 saturated carbocycles. The Balaban J connectivity index is 1.65. The largest absolute Gasteiger partial charge is 0.493 e. The van der Waals surface area contributed by atoms with Crippen molar-refractivity contribution in [2.24, 2.45) is 0 Å². The molecule has 2 aromatic carbocycles. The maximum absolute atomic E-state index is 13.6. The van der Waals surface area contributed by atoms with Gasteiger partial charge in [0.1, 0.15) is 28.5 Å². The molecular formula is C27H27Cl2N2O7S+. The lowest BCUT2D eigenvalue weighted by molar-refractivity contribution is -0.377. The number of aromatic amines is 1. The number of pyridine rings is 1. The summed E-state index contributed by atoms with van der Waals surface area (Å²) in [5, 5.41) is 0.709. The number of carbonyl (C=O) groups excluding carboxylic acids is 2. The lowest BCUT2D eigenvalue weighted by atomic mass is 10.0. The van der Waals surface area contributed by atoms with Crippen LogP contribution in [0.25, 0.3) is 0 Å². The summed E-state index contributed by atoms with van der Waals surface area (Å²) in [6.07, 6.45) is 3.80. The number of methoxy groups -OCH3 is 2. The van der Waals surface area contributed by atoms with Gasteiger partial charge in [0.05, 0.1) is 19.1 Å². The SMILES string of the molecule is COc1ccc([C@H](Cc2c(Cl)c[nH+]cc2Cl)OC(=O)[C@@H]2CCCN2S(=O)(=O)c2ccc(C=O)cc2)cc1OC. The van der Waals surface area contributed by atoms with Gasteiger partial charge >= 0.3 is 5.97 Å². The number of aldehydes is 1. The zero-order valence-electron chi connectivity index (χ0n) is 21.2. The first kappa shape index (κ1) is 28.8. The normalized spacial score (nSPS) is 16.5. The summed E-state index contributed by atoms with van der Waals surface area (Å²) in [5.74, 6) is 0.221. The second-order valence-electron chi connectivity index (χ2n) is 8.83. The van der Waals surface area contributed by atoms with E-state index in [9.17, 15) is 18.0 Å². The molecule has 1 aliphatic rings. The number of hydrogen-bond donors (Lipinski definition) is 0. The van der Waals surface area contributed by atoms with Gasteiger partial charge in [0.25, 0.3) is 0 Å². The number of hydrogen-bond acceptors (Lipinski definition) is 7. The fraction of sp³-hybridized carbons (Fsp3) is 0.296. The molecule has 1 N–H and O–H groups in total. The van der Waals surface area contributed by atoms with Gasteiger partial charge in [-0.2, -0.15) is 4.31 Å². The molecule has 1 aromatic heterocycles. The van der Waals surface area contributed by atoms with Crippen molar-refractivity contribution < 1.29 is 37.2 Å². The van der Waals surface area contributed by atoms with Crippen molar-refractivity contribution in [1.29, 1.82) is 0 Å². The van der Waals surface area contributed by atoms with Crippen LogP contribution in [-0.2, 0) is 26.0 Å². The molecule has 12 heteroatoms. The highest BCUT2D eigenvalue weighted by Gasteiger charge is 2.41. The van der Waals surface area contributed by atoms with Crippen molar-refractivity contribution in [2.45, 2.75) is 36.3 Å². The molecule has 0 amide bonds. The smallest absolute Gasteiger partial charge is 0.325 e. The molecule has 0 spiro atoms. The first-order valence-electron chi connectivity index (χ1n) is 12.0. The highest BCUT2D eigenvalue weighted by Crippen LogP contribution is 2.36. The van der Waals surface area contributed by atoms with Crippen LogP contribution in [0.3, 0.4) is 0 Å². The van der Waals surface area contributed by atoms with Crippen molar-refractivity contribution in [1.82, 2.24) is 4.31 Å². The average Bonchev–Trinajstić information content (AvgIpc) is 3.45. The maximum Gasteiger partial charge on any atom is 0.325 e. The van der Waals surface area contributed by atoms with Crippen molar-refractivity contribution in [3.8, 4) is 11.5 Å². The topological polar surface area (TPSA) is 113 Å². The van der Waals surface area contributed by atoms with E-state index in [0.717, 1.165) is 4.31 Å². The van der Waals surface area contributed by atoms with E-state index in [1.54, 1.807) is 30.6 Å². The predicted molar refractivity (Wildman–Crippen MR) is 144 cm³/mol. The minimum absolute atomic E-state index is 0.0108. The second-order valence-corrected chi connectivity index (χ2v) is 11.5. The molecule has 3 aromatic rings. The maximum atomic E-state index is 13.6. The Kier molecular flexibility index (Phi) is 9.12. The molecule has 1 aliphatic heterocycles. The molecule has 1 saturated heterocycles. The number of rotatable bonds is 10. The minimum Gasteiger partial charge on any atom is -0.493 e. The number of H-pyrrole nitrogens is 1. The van der Waals surface area contributed by atoms with Gasteiger partial charge < -0.3 is 14.2 Å². The Bertz CT molecular complexity index is 1450. The van der Waals surface area contributed by atoms with E-state index < -0.39 is 28.1 Å². The van der Waals surface area contributed by atoms with Crippen molar-refractivity contribution >= 4 is 45.5 Å². The van der Waals surface area contributed by atoms with E-state index in [-0.39, 0.29) is 17.9 Å². The predicted octanol–water partition coefficient (Wildman–Crippen LogP) is 4.32. The summed E-state index contributed by atoms with van der Waals surface area (Å²) in [6.45, 7) is 0.157. The molecule has 0 unspecified atom stereocenters. The van der Waals surface area contributed by atoms with E-state index in [1.807, 2.05) is 0 Å². The first-order chi connectivity index (χ1) is 18.7. The third-order valence-electron chi connectivity index (χ3n) is 6.52. The van der Waals surface area contributed by atoms with Gasteiger partial charge in [0.15, 0.2) is 23.9 Å². The number of esters is 1. The number of aromatic nitrogens is 1. The van der Waals surface area contributed by atoms with Crippen molar-refractivity contribution in [3.05, 3.63) is 81.6 Å². The van der Waals surface area contributed by atoms with Crippen LogP contribution in [-0.4, -0.2) is 51.8 Å². The Labute approximate surface area is 236 Å². The molecular weight excluding hydrogens is 567 g/mol. The molecule has 0 bridgehead atoms. The summed E-state index contributed by atoms with van der Waals surface area (Å²) in [5.41, 5.74) is 1.48. The molecule has 2 atom stereocenters. The minimum atomic E-state index is -4.02. The van der Waals surface area contributed by atoms with E-state index in [2.05, 4.69) is 4.98 Å². The van der Waals surface area contributed by atoms with Gasteiger partial charge in [0.2, 0.25) is 10.0 Å². The van der Waals surface area contributed by atoms with Crippen LogP contribution in [0.1, 0.15) is 40.4 Å². The Morgan fingerprint density at radius 3 is 2.36 bits per heavy atom. The standard InChI is InChI=1S/C27H26Cl2N2O7S/c1-36-24-10-7-18(12-26(24)37-2)25(13-20-21(28)14-30-15-22(20)29)38-27(33)23-4-3-11-31(23)39(34,35)19-8-5-17(16-32)6-9-19/h5-10,12,14-16,23,25H,3-4,11,13H2,1-2H3/p+1/t23-,25-/m0/s1. The van der Waals surface area contributed by atoms with Gasteiger partial charge in [-0.25, -0.2) is 13.4 Å². The molecule has 4 rings (SSSR count). The van der Waals surface area contributed by atoms with Gasteiger partial charge in [-0.05, 0) is 42.7 Å². The van der Waals surface area contributed by atoms with E-state index >= 15 is 0 Å². The molecule has 1 fully saturated rings. The number of nitrogens with one attached hydrogen (secondary N) is 1. The molecule has 0 radical (unpaired) electrons. The summed E-state index contributed by atoms with van der Waals surface area (Å²) >= 11 is 12.8. The number of nitrogens with zero attached hydrogens (tertiary/aromatic N) is 1. The van der Waals surface area contributed by atoms with Crippen LogP contribution in [0.2, 0.25) is 10.0 Å².